The fourth-order valence-electron chi connectivity index (χ4n) is 0. The Bertz CT molecular complexity index is 14.9. The molecule has 0 aromatic rings. The van der Waals surface area contributed by atoms with Crippen LogP contribution in [0.5, 0.6) is 0 Å². The molecule has 0 fully saturated rings. The first-order valence-electron chi connectivity index (χ1n) is 0.548. The second-order valence-electron chi connectivity index (χ2n) is 0.224. The zero-order valence-electron chi connectivity index (χ0n) is 3.40. The Morgan fingerprint density at radius 1 is 0.714 bits per heavy atom. The SMILES string of the molecule is [O-][As]([O-])[O-].[Tl+].[Tl+].[Tl+]. The maximum Gasteiger partial charge on any atom is 1.00 e. The fourth-order valence-corrected chi connectivity index (χ4v) is 0. The van der Waals surface area contributed by atoms with E-state index in [0.717, 1.165) is 0 Å². The van der Waals surface area contributed by atoms with Gasteiger partial charge in [-0.05, 0) is 0 Å². The van der Waals surface area contributed by atoms with Crippen molar-refractivity contribution < 1.29 is 12.3 Å². The van der Waals surface area contributed by atoms with E-state index in [9.17, 15) is 0 Å². The van der Waals surface area contributed by atoms with Gasteiger partial charge in [0.1, 0.15) is 0 Å². The summed E-state index contributed by atoms with van der Waals surface area (Å²) in [7, 11) is 0. The van der Waals surface area contributed by atoms with Crippen molar-refractivity contribution in [2.24, 2.45) is 0 Å². The summed E-state index contributed by atoms with van der Waals surface area (Å²) in [5, 5.41) is 0. The molecule has 0 bridgehead atoms. The molecule has 0 spiro atoms. The second kappa shape index (κ2) is 16.1. The van der Waals surface area contributed by atoms with Crippen molar-refractivity contribution >= 4 is 97.6 Å². The minimum Gasteiger partial charge on any atom is 1.00 e. The molecule has 0 saturated carbocycles. The molecule has 0 rings (SSSR count). The van der Waals surface area contributed by atoms with E-state index in [1.165, 1.54) is 0 Å². The van der Waals surface area contributed by atoms with E-state index in [-0.39, 0.29) is 81.9 Å². The molecule has 32 valence electrons. The van der Waals surface area contributed by atoms with Crippen LogP contribution in [-0.4, -0.2) is 97.6 Å². The van der Waals surface area contributed by atoms with Gasteiger partial charge in [-0.3, -0.25) is 0 Å². The van der Waals surface area contributed by atoms with Crippen LogP contribution < -0.4 is 12.3 Å². The van der Waals surface area contributed by atoms with Gasteiger partial charge in [-0.25, -0.2) is 0 Å². The molecule has 0 heterocycles. The largest absolute Gasteiger partial charge is 1.00 e. The topological polar surface area (TPSA) is 69.2 Å². The molecule has 0 aliphatic heterocycles. The van der Waals surface area contributed by atoms with Gasteiger partial charge in [-0.15, -0.1) is 0 Å². The number of hydrogen-bond acceptors (Lipinski definition) is 3. The van der Waals surface area contributed by atoms with Gasteiger partial charge in [-0.1, -0.05) is 0 Å². The predicted molar refractivity (Wildman–Crippen MR) is 23.0 cm³/mol. The van der Waals surface area contributed by atoms with E-state index in [1.807, 2.05) is 0 Å². The summed E-state index contributed by atoms with van der Waals surface area (Å²) in [4.78, 5) is 0. The third kappa shape index (κ3) is 46.5. The molecule has 0 aromatic carbocycles. The molecule has 0 unspecified atom stereocenters. The Kier molecular flexibility index (Phi) is 51.6. The molecule has 0 N–H and O–H groups in total. The summed E-state index contributed by atoms with van der Waals surface area (Å²) in [6.45, 7) is 0. The van der Waals surface area contributed by atoms with Crippen LogP contribution in [0.4, 0.5) is 0 Å². The summed E-state index contributed by atoms with van der Waals surface area (Å²) >= 11 is -3.94. The van der Waals surface area contributed by atoms with Crippen LogP contribution in [0.3, 0.4) is 0 Å². The van der Waals surface area contributed by atoms with E-state index >= 15 is 0 Å². The maximum atomic E-state index is 8.56. The molecular weight excluding hydrogens is 736 g/mol. The molecule has 7 heavy (non-hydrogen) atoms. The van der Waals surface area contributed by atoms with Crippen molar-refractivity contribution in [1.29, 1.82) is 0 Å². The first kappa shape index (κ1) is 22.5. The summed E-state index contributed by atoms with van der Waals surface area (Å²) in [5.41, 5.74) is 0. The first-order valence-corrected chi connectivity index (χ1v) is 2.85. The third-order valence-electron chi connectivity index (χ3n) is 0. The first-order chi connectivity index (χ1) is 1.73. The molecule has 3 nitrogen and oxygen atoms in total. The van der Waals surface area contributed by atoms with Crippen molar-refractivity contribution in [1.82, 2.24) is 0 Å². The Morgan fingerprint density at radius 2 is 0.714 bits per heavy atom. The Hall–Kier alpha value is 3.20. The maximum absolute atomic E-state index is 8.56. The van der Waals surface area contributed by atoms with E-state index in [0.29, 0.717) is 0 Å². The molecule has 0 aliphatic carbocycles. The Labute approximate surface area is 108 Å². The summed E-state index contributed by atoms with van der Waals surface area (Å²) in [6.07, 6.45) is 0. The van der Waals surface area contributed by atoms with Gasteiger partial charge < -0.3 is 0 Å². The zero-order chi connectivity index (χ0) is 3.58. The van der Waals surface area contributed by atoms with E-state index < -0.39 is 15.7 Å². The molecule has 0 aliphatic rings. The average molecular weight is 736 g/mol. The van der Waals surface area contributed by atoms with Crippen LogP contribution >= 0.6 is 0 Å². The molecule has 0 aromatic heterocycles. The van der Waals surface area contributed by atoms with Crippen LogP contribution in [0.25, 0.3) is 0 Å². The van der Waals surface area contributed by atoms with Crippen molar-refractivity contribution in [3.05, 3.63) is 0 Å². The molecule has 7 heteroatoms. The normalized spacial score (nSPS) is 5.14. The van der Waals surface area contributed by atoms with Gasteiger partial charge in [0, 0.05) is 0 Å². The molecule has 0 radical (unpaired) electrons. The van der Waals surface area contributed by atoms with Crippen LogP contribution in [0.15, 0.2) is 0 Å². The fraction of sp³-hybridized carbons (Fsp3) is 0. The van der Waals surface area contributed by atoms with Crippen LogP contribution in [0.1, 0.15) is 0 Å². The molecule has 0 amide bonds. The smallest absolute Gasteiger partial charge is 1.00 e. The summed E-state index contributed by atoms with van der Waals surface area (Å²) in [5.74, 6) is 0. The number of rotatable bonds is 0. The average Bonchev–Trinajstić information content (AvgIpc) is 0.811. The van der Waals surface area contributed by atoms with Crippen molar-refractivity contribution in [3.8, 4) is 0 Å². The molecular formula is AsO3Tl3. The van der Waals surface area contributed by atoms with Gasteiger partial charge >= 0.3 is 110 Å². The number of hydrogen-bond donors (Lipinski definition) is 0. The zero-order valence-corrected chi connectivity index (χ0v) is 18.7. The van der Waals surface area contributed by atoms with E-state index in [2.05, 4.69) is 0 Å². The van der Waals surface area contributed by atoms with Crippen molar-refractivity contribution in [3.63, 3.8) is 0 Å². The van der Waals surface area contributed by atoms with Crippen molar-refractivity contribution in [2.45, 2.75) is 0 Å². The van der Waals surface area contributed by atoms with Crippen LogP contribution in [0, 0.1) is 0 Å². The minimum absolute atomic E-state index is 0. The van der Waals surface area contributed by atoms with Gasteiger partial charge in [-0.2, -0.15) is 0 Å². The second-order valence-corrected chi connectivity index (χ2v) is 1.16. The summed E-state index contributed by atoms with van der Waals surface area (Å²) in [6, 6.07) is 0. The monoisotopic (exact) mass is 738 g/mol. The predicted octanol–water partition coefficient (Wildman–Crippen LogP) is -5.09. The van der Waals surface area contributed by atoms with Crippen molar-refractivity contribution in [2.75, 3.05) is 0 Å². The van der Waals surface area contributed by atoms with Gasteiger partial charge in [0.2, 0.25) is 0 Å². The van der Waals surface area contributed by atoms with Crippen LogP contribution in [-0.2, 0) is 0 Å². The summed E-state index contributed by atoms with van der Waals surface area (Å²) < 4.78 is 25.7. The quantitative estimate of drug-likeness (QED) is 0.234. The molecule has 0 saturated heterocycles. The van der Waals surface area contributed by atoms with E-state index in [1.54, 1.807) is 0 Å². The van der Waals surface area contributed by atoms with Gasteiger partial charge in [0.05, 0.1) is 0 Å². The standard InChI is InChI=1S/AsO3.3Tl/c2-1(3)4;;;/q-3;3*+1. The third-order valence-corrected chi connectivity index (χ3v) is 0. The van der Waals surface area contributed by atoms with E-state index in [4.69, 9.17) is 12.3 Å². The van der Waals surface area contributed by atoms with Gasteiger partial charge in [0.25, 0.3) is 0 Å². The Balaban J connectivity index is -0.0000000150. The van der Waals surface area contributed by atoms with Crippen LogP contribution in [0.2, 0.25) is 0 Å². The Morgan fingerprint density at radius 3 is 0.714 bits per heavy atom. The molecule has 0 atom stereocenters. The van der Waals surface area contributed by atoms with Gasteiger partial charge in [0.15, 0.2) is 0 Å². The minimum atomic E-state index is -3.94.